The number of rotatable bonds is 6. The average Bonchev–Trinajstić information content (AvgIpc) is 1.96. The van der Waals surface area contributed by atoms with Crippen LogP contribution in [0.25, 0.3) is 0 Å². The zero-order valence-electron chi connectivity index (χ0n) is 7.43. The highest BCUT2D eigenvalue weighted by Gasteiger charge is 2.51. The van der Waals surface area contributed by atoms with Gasteiger partial charge in [0.2, 0.25) is 0 Å². The molecule has 0 spiro atoms. The molecular weight excluding hydrogens is 224 g/mol. The maximum Gasteiger partial charge on any atom is 0.368 e. The summed E-state index contributed by atoms with van der Waals surface area (Å²) < 4.78 is 37.4. The van der Waals surface area contributed by atoms with E-state index in [0.717, 1.165) is 12.8 Å². The van der Waals surface area contributed by atoms with E-state index < -0.39 is 16.9 Å². The minimum absolute atomic E-state index is 0.330. The first-order chi connectivity index (χ1) is 5.81. The van der Waals surface area contributed by atoms with Gasteiger partial charge in [-0.15, -0.1) is 0 Å². The molecule has 0 rings (SSSR count). The molecule has 0 aliphatic heterocycles. The van der Waals surface area contributed by atoms with E-state index in [1.165, 1.54) is 0 Å². The molecule has 80 valence electrons. The zero-order valence-corrected chi connectivity index (χ0v) is 8.94. The first-order valence-corrected chi connectivity index (χ1v) is 5.01. The lowest BCUT2D eigenvalue weighted by molar-refractivity contribution is -0.0250. The van der Waals surface area contributed by atoms with Crippen molar-refractivity contribution in [3.05, 3.63) is 0 Å². The normalized spacial score (nSPS) is 17.1. The van der Waals surface area contributed by atoms with Crippen molar-refractivity contribution < 1.29 is 13.2 Å². The molecule has 0 aromatic rings. The second-order valence-corrected chi connectivity index (χ2v) is 4.09. The maximum atomic E-state index is 12.9. The van der Waals surface area contributed by atoms with E-state index in [0.29, 0.717) is 12.8 Å². The lowest BCUT2D eigenvalue weighted by atomic mass is 10.1. The fourth-order valence-corrected chi connectivity index (χ4v) is 1.14. The third-order valence-electron chi connectivity index (χ3n) is 1.76. The van der Waals surface area contributed by atoms with Gasteiger partial charge < -0.3 is 0 Å². The summed E-state index contributed by atoms with van der Waals surface area (Å²) in [6.07, 6.45) is 2.46. The van der Waals surface area contributed by atoms with Crippen LogP contribution in [0.15, 0.2) is 0 Å². The molecule has 0 bridgehead atoms. The summed E-state index contributed by atoms with van der Waals surface area (Å²) in [5.74, 6) is 0. The number of unbranched alkanes of at least 4 members (excludes halogenated alkanes) is 3. The average molecular weight is 237 g/mol. The minimum atomic E-state index is -3.99. The van der Waals surface area contributed by atoms with Crippen molar-refractivity contribution in [1.82, 2.24) is 0 Å². The smallest absolute Gasteiger partial charge is 0.218 e. The maximum absolute atomic E-state index is 12.9. The van der Waals surface area contributed by atoms with Gasteiger partial charge in [0.1, 0.15) is 0 Å². The molecule has 5 heteroatoms. The van der Waals surface area contributed by atoms with Crippen LogP contribution in [-0.2, 0) is 0 Å². The molecule has 0 N–H and O–H groups in total. The topological polar surface area (TPSA) is 0 Å². The Balaban J connectivity index is 3.77. The first kappa shape index (κ1) is 13.4. The van der Waals surface area contributed by atoms with Gasteiger partial charge in [-0.3, -0.25) is 0 Å². The van der Waals surface area contributed by atoms with Crippen LogP contribution in [0.1, 0.15) is 39.0 Å². The second-order valence-electron chi connectivity index (χ2n) is 3.01. The van der Waals surface area contributed by atoms with Crippen LogP contribution in [0.5, 0.6) is 0 Å². The van der Waals surface area contributed by atoms with Gasteiger partial charge in [0, 0.05) is 6.42 Å². The summed E-state index contributed by atoms with van der Waals surface area (Å²) in [7, 11) is 0. The van der Waals surface area contributed by atoms with Gasteiger partial charge in [0.25, 0.3) is 5.13 Å². The van der Waals surface area contributed by atoms with Crippen LogP contribution < -0.4 is 0 Å². The third kappa shape index (κ3) is 4.96. The Morgan fingerprint density at radius 2 is 1.54 bits per heavy atom. The van der Waals surface area contributed by atoms with Crippen molar-refractivity contribution in [3.63, 3.8) is 0 Å². The molecule has 0 radical (unpaired) electrons. The predicted molar refractivity (Wildman–Crippen MR) is 49.3 cm³/mol. The van der Waals surface area contributed by atoms with Crippen LogP contribution in [0.2, 0.25) is 0 Å². The van der Waals surface area contributed by atoms with Crippen LogP contribution in [0.4, 0.5) is 13.2 Å². The highest BCUT2D eigenvalue weighted by atomic mass is 35.5. The van der Waals surface area contributed by atoms with E-state index in [1.807, 2.05) is 6.92 Å². The predicted octanol–water partition coefficient (Wildman–Crippen LogP) is 4.69. The lowest BCUT2D eigenvalue weighted by Crippen LogP contribution is -2.33. The Morgan fingerprint density at radius 1 is 1.00 bits per heavy atom. The molecular formula is C8H13Cl2F3. The van der Waals surface area contributed by atoms with Gasteiger partial charge >= 0.3 is 5.38 Å². The highest BCUT2D eigenvalue weighted by molar-refractivity contribution is 6.32. The molecule has 0 aromatic heterocycles. The number of hydrogen-bond acceptors (Lipinski definition) is 0. The summed E-state index contributed by atoms with van der Waals surface area (Å²) in [5, 5.41) is -7.09. The SMILES string of the molecule is CCCCCC[C@](F)(Cl)C(F)(F)Cl. The van der Waals surface area contributed by atoms with E-state index in [4.69, 9.17) is 11.6 Å². The molecule has 0 amide bonds. The monoisotopic (exact) mass is 236 g/mol. The van der Waals surface area contributed by atoms with Crippen LogP contribution in [0.3, 0.4) is 0 Å². The van der Waals surface area contributed by atoms with E-state index in [9.17, 15) is 13.2 Å². The van der Waals surface area contributed by atoms with Crippen molar-refractivity contribution in [1.29, 1.82) is 0 Å². The standard InChI is InChI=1S/C8H13Cl2F3/c1-2-3-4-5-6-7(9,11)8(10,12)13/h2-6H2,1H3/t7-/m1/s1. The van der Waals surface area contributed by atoms with Crippen LogP contribution in [0, 0.1) is 0 Å². The van der Waals surface area contributed by atoms with Crippen LogP contribution in [-0.4, -0.2) is 10.5 Å². The van der Waals surface area contributed by atoms with Gasteiger partial charge in [-0.1, -0.05) is 37.8 Å². The first-order valence-electron chi connectivity index (χ1n) is 4.26. The second kappa shape index (κ2) is 5.30. The van der Waals surface area contributed by atoms with Crippen LogP contribution >= 0.6 is 23.2 Å². The van der Waals surface area contributed by atoms with Crippen molar-refractivity contribution >= 4 is 23.2 Å². The van der Waals surface area contributed by atoms with Crippen molar-refractivity contribution in [2.45, 2.75) is 49.5 Å². The highest BCUT2D eigenvalue weighted by Crippen LogP contribution is 2.43. The van der Waals surface area contributed by atoms with Gasteiger partial charge in [-0.05, 0) is 18.0 Å². The zero-order chi connectivity index (χ0) is 10.5. The molecule has 0 nitrogen and oxygen atoms in total. The Kier molecular flexibility index (Phi) is 5.45. The molecule has 0 unspecified atom stereocenters. The third-order valence-corrected chi connectivity index (χ3v) is 2.58. The van der Waals surface area contributed by atoms with Gasteiger partial charge in [0.15, 0.2) is 0 Å². The fourth-order valence-electron chi connectivity index (χ4n) is 0.916. The van der Waals surface area contributed by atoms with Gasteiger partial charge in [-0.25, -0.2) is 4.39 Å². The van der Waals surface area contributed by atoms with Gasteiger partial charge in [-0.2, -0.15) is 8.78 Å². The molecule has 0 aliphatic carbocycles. The summed E-state index contributed by atoms with van der Waals surface area (Å²) in [6.45, 7) is 1.97. The van der Waals surface area contributed by atoms with Gasteiger partial charge in [0.05, 0.1) is 0 Å². The molecule has 1 atom stereocenters. The van der Waals surface area contributed by atoms with E-state index in [1.54, 1.807) is 0 Å². The Hall–Kier alpha value is 0.370. The lowest BCUT2D eigenvalue weighted by Gasteiger charge is -2.22. The number of alkyl halides is 5. The molecule has 13 heavy (non-hydrogen) atoms. The Labute approximate surface area is 86.4 Å². The number of halogens is 5. The molecule has 0 aliphatic rings. The molecule has 0 saturated heterocycles. The summed E-state index contributed by atoms with van der Waals surface area (Å²) in [4.78, 5) is 0. The summed E-state index contributed by atoms with van der Waals surface area (Å²) in [5.41, 5.74) is 0. The number of hydrogen-bond donors (Lipinski definition) is 0. The van der Waals surface area contributed by atoms with Crippen molar-refractivity contribution in [3.8, 4) is 0 Å². The molecule has 0 heterocycles. The van der Waals surface area contributed by atoms with Crippen molar-refractivity contribution in [2.75, 3.05) is 0 Å². The molecule has 0 saturated carbocycles. The molecule has 0 aromatic carbocycles. The molecule has 0 fully saturated rings. The largest absolute Gasteiger partial charge is 0.368 e. The quantitative estimate of drug-likeness (QED) is 0.464. The van der Waals surface area contributed by atoms with E-state index in [2.05, 4.69) is 11.6 Å². The summed E-state index contributed by atoms with van der Waals surface area (Å²) in [6, 6.07) is 0. The van der Waals surface area contributed by atoms with Crippen molar-refractivity contribution in [2.24, 2.45) is 0 Å². The summed E-state index contributed by atoms with van der Waals surface area (Å²) >= 11 is 9.44. The Bertz CT molecular complexity index is 143. The Morgan fingerprint density at radius 3 is 1.92 bits per heavy atom. The van der Waals surface area contributed by atoms with E-state index >= 15 is 0 Å². The fraction of sp³-hybridized carbons (Fsp3) is 1.00. The van der Waals surface area contributed by atoms with E-state index in [-0.39, 0.29) is 0 Å². The minimum Gasteiger partial charge on any atom is -0.218 e.